The van der Waals surface area contributed by atoms with Crippen molar-refractivity contribution in [1.29, 1.82) is 0 Å². The number of carbonyl (C=O) groups excluding carboxylic acids is 4. The first-order valence-electron chi connectivity index (χ1n) is 17.8. The van der Waals surface area contributed by atoms with Crippen molar-refractivity contribution in [3.05, 3.63) is 60.7 Å². The van der Waals surface area contributed by atoms with Crippen molar-refractivity contribution >= 4 is 23.8 Å². The molecular weight excluding hydrogens is 854 g/mol. The quantitative estimate of drug-likeness (QED) is 0.125. The molecule has 0 saturated heterocycles. The average Bonchev–Trinajstić information content (AvgIpc) is 4.06. The van der Waals surface area contributed by atoms with Crippen molar-refractivity contribution in [2.24, 2.45) is 5.73 Å². The van der Waals surface area contributed by atoms with E-state index in [0.717, 1.165) is 25.8 Å². The Hall–Kier alpha value is -7.36. The van der Waals surface area contributed by atoms with Crippen LogP contribution in [0.5, 0.6) is 0 Å². The van der Waals surface area contributed by atoms with E-state index in [9.17, 15) is 35.9 Å². The molecule has 62 heavy (non-hydrogen) atoms. The van der Waals surface area contributed by atoms with E-state index in [0.29, 0.717) is 25.8 Å². The number of carboxylic acids is 2. The van der Waals surface area contributed by atoms with Gasteiger partial charge in [0.05, 0.1) is 6.54 Å². The highest BCUT2D eigenvalue weighted by molar-refractivity contribution is 5.93. The van der Waals surface area contributed by atoms with E-state index in [1.807, 2.05) is 0 Å². The molecule has 2 atom stereocenters. The number of nitrogens with two attached hydrogens (primary N) is 1. The predicted molar refractivity (Wildman–Crippen MR) is 182 cm³/mol. The molecule has 6 aromatic heterocycles. The van der Waals surface area contributed by atoms with E-state index < -0.39 is 48.2 Å². The lowest BCUT2D eigenvalue weighted by Gasteiger charge is -2.14. The van der Waals surface area contributed by atoms with Gasteiger partial charge in [-0.3, -0.25) is 9.59 Å². The molecule has 0 aliphatic carbocycles. The zero-order valence-corrected chi connectivity index (χ0v) is 31.4. The standard InChI is InChI=1S/C30H30N10O8.2C2HF3O2/c31-7-3-1-5-15-25-37-21(11-45-25)29-39-20(13-47-29)28-36-18(10-44-28)24(42)34-16(6-2-4-8-32)26-38-22(12-46-26)30-40-19(14-48-30)27-35-17(9-43-27)23(41)33-15;2*3-2(4,5)1(6)7/h9-16H,1-8,31-32H2,(H,33,41)(H,34,42);2*(H,6,7)/p-1. The lowest BCUT2D eigenvalue weighted by atomic mass is 10.1. The van der Waals surface area contributed by atoms with Gasteiger partial charge in [-0.15, -0.1) is 0 Å². The van der Waals surface area contributed by atoms with Gasteiger partial charge in [0.25, 0.3) is 11.8 Å². The highest BCUT2D eigenvalue weighted by Crippen LogP contribution is 2.30. The lowest BCUT2D eigenvalue weighted by molar-refractivity contribution is -0.368. The Balaban J connectivity index is 0.000000448. The number of aliphatic carboxylic acids is 2. The first kappa shape index (κ1) is 45.7. The Bertz CT molecular complexity index is 2280. The minimum atomic E-state index is -5.19. The number of alkyl halides is 6. The van der Waals surface area contributed by atoms with Gasteiger partial charge in [0.15, 0.2) is 34.2 Å². The molecule has 0 saturated carbocycles. The van der Waals surface area contributed by atoms with Gasteiger partial charge < -0.3 is 68.4 Å². The van der Waals surface area contributed by atoms with Crippen LogP contribution in [0.1, 0.15) is 83.4 Å². The number of unbranched alkanes of at least 4 members (excludes halogenated alkanes) is 2. The topological polar surface area (TPSA) is 348 Å². The van der Waals surface area contributed by atoms with Crippen molar-refractivity contribution in [3.63, 3.8) is 0 Å². The first-order valence-corrected chi connectivity index (χ1v) is 17.8. The van der Waals surface area contributed by atoms with Gasteiger partial charge in [0, 0.05) is 0 Å². The van der Waals surface area contributed by atoms with Crippen LogP contribution in [0.4, 0.5) is 26.3 Å². The second kappa shape index (κ2) is 19.8. The first-order chi connectivity index (χ1) is 29.4. The number of rotatable bonds is 8. The lowest BCUT2D eigenvalue weighted by Crippen LogP contribution is -2.50. The molecule has 2 unspecified atom stereocenters. The van der Waals surface area contributed by atoms with Gasteiger partial charge in [-0.05, 0) is 45.1 Å². The van der Waals surface area contributed by atoms with Crippen LogP contribution in [-0.2, 0) is 9.59 Å². The third-order valence-electron chi connectivity index (χ3n) is 8.01. The molecule has 6 aromatic rings. The molecule has 12 bridgehead atoms. The van der Waals surface area contributed by atoms with Crippen LogP contribution in [-0.4, -0.2) is 79.1 Å². The summed E-state index contributed by atoms with van der Waals surface area (Å²) in [6, 6.07) is -1.24. The minimum absolute atomic E-state index is 0.00635. The Morgan fingerprint density at radius 1 is 0.565 bits per heavy atom. The molecule has 2 amide bonds. The van der Waals surface area contributed by atoms with Gasteiger partial charge in [-0.25, -0.2) is 29.9 Å². The fraction of sp³-hybridized carbons (Fsp3) is 0.353. The number of hydrogen-bond donors (Lipinski definition) is 4. The summed E-state index contributed by atoms with van der Waals surface area (Å²) in [5, 5.41) is 23.4. The SMILES string of the molecule is NCCCCC1NC(=O)c2coc(n2)-c2coc(n2)-c2coc(n2)C(CCCC[NH3+])NC(=O)c2coc(n2)-c2coc(n2)-c2coc1n2.O=C([O-])C(F)(F)F.O=C([O-])C(F)(F)F. The van der Waals surface area contributed by atoms with E-state index in [1.165, 1.54) is 37.6 Å². The number of carbonyl (C=O) groups is 4. The average molecular weight is 886 g/mol. The Kier molecular flexibility index (Phi) is 14.6. The highest BCUT2D eigenvalue weighted by atomic mass is 19.4. The highest BCUT2D eigenvalue weighted by Gasteiger charge is 2.30. The van der Waals surface area contributed by atoms with Crippen molar-refractivity contribution in [2.45, 2.75) is 63.0 Å². The minimum Gasteiger partial charge on any atom is -0.542 e. The second-order valence-corrected chi connectivity index (χ2v) is 12.5. The third-order valence-corrected chi connectivity index (χ3v) is 8.01. The maximum absolute atomic E-state index is 13.3. The normalized spacial score (nSPS) is 15.2. The molecule has 22 nitrogen and oxygen atoms in total. The van der Waals surface area contributed by atoms with Crippen LogP contribution in [0.3, 0.4) is 0 Å². The van der Waals surface area contributed by atoms with Crippen molar-refractivity contribution in [3.8, 4) is 46.3 Å². The third kappa shape index (κ3) is 11.9. The number of fused-ring (bicyclic) bond motifs is 16. The monoisotopic (exact) mass is 885 g/mol. The molecule has 28 heteroatoms. The summed E-state index contributed by atoms with van der Waals surface area (Å²) >= 11 is 0. The van der Waals surface area contributed by atoms with Gasteiger partial charge in [0.1, 0.15) is 61.6 Å². The maximum atomic E-state index is 13.3. The van der Waals surface area contributed by atoms with Crippen molar-refractivity contribution < 1.29 is 88.0 Å². The fourth-order valence-corrected chi connectivity index (χ4v) is 5.06. The fourth-order valence-electron chi connectivity index (χ4n) is 5.06. The van der Waals surface area contributed by atoms with Crippen LogP contribution >= 0.6 is 0 Å². The van der Waals surface area contributed by atoms with Crippen LogP contribution in [0.15, 0.2) is 64.1 Å². The molecule has 7 rings (SSSR count). The molecule has 0 radical (unpaired) electrons. The van der Waals surface area contributed by atoms with Crippen LogP contribution in [0.25, 0.3) is 46.3 Å². The Morgan fingerprint density at radius 2 is 0.871 bits per heavy atom. The summed E-state index contributed by atoms with van der Waals surface area (Å²) < 4.78 is 97.0. The van der Waals surface area contributed by atoms with Crippen LogP contribution < -0.4 is 32.3 Å². The molecule has 0 spiro atoms. The Labute approximate surface area is 341 Å². The zero-order chi connectivity index (χ0) is 45.2. The van der Waals surface area contributed by atoms with Crippen LogP contribution in [0, 0.1) is 0 Å². The van der Waals surface area contributed by atoms with Gasteiger partial charge in [-0.2, -0.15) is 26.3 Å². The molecule has 7 heterocycles. The molecule has 1 aliphatic heterocycles. The molecule has 0 aromatic carbocycles. The number of quaternary nitrogens is 1. The number of nitrogens with zero attached hydrogens (tertiary/aromatic N) is 6. The molecule has 0 fully saturated rings. The number of carboxylic acid groups (broad SMARTS) is 2. The molecule has 7 N–H and O–H groups in total. The number of amides is 2. The summed E-state index contributed by atoms with van der Waals surface area (Å²) in [7, 11) is 0. The van der Waals surface area contributed by atoms with Crippen molar-refractivity contribution in [1.82, 2.24) is 40.5 Å². The van der Waals surface area contributed by atoms with Crippen molar-refractivity contribution in [2.75, 3.05) is 13.1 Å². The summed E-state index contributed by atoms with van der Waals surface area (Å²) in [5.41, 5.74) is 10.6. The smallest absolute Gasteiger partial charge is 0.430 e. The van der Waals surface area contributed by atoms with E-state index >= 15 is 0 Å². The molecule has 332 valence electrons. The van der Waals surface area contributed by atoms with Gasteiger partial charge in [0.2, 0.25) is 35.3 Å². The summed E-state index contributed by atoms with van der Waals surface area (Å²) in [6.07, 6.45) is 1.44. The predicted octanol–water partition coefficient (Wildman–Crippen LogP) is 1.68. The summed E-state index contributed by atoms with van der Waals surface area (Å²) in [6.45, 7) is 1.22. The molecular formula is C34H31F6N10O12-. The van der Waals surface area contributed by atoms with E-state index in [1.54, 1.807) is 0 Å². The zero-order valence-electron chi connectivity index (χ0n) is 31.4. The number of halogens is 6. The van der Waals surface area contributed by atoms with Crippen LogP contribution in [0.2, 0.25) is 0 Å². The number of hydrogen-bond acceptors (Lipinski definition) is 19. The largest absolute Gasteiger partial charge is 0.542 e. The number of nitrogens with one attached hydrogen (secondary N) is 2. The second-order valence-electron chi connectivity index (χ2n) is 12.5. The summed E-state index contributed by atoms with van der Waals surface area (Å²) in [5.74, 6) is -6.24. The number of aromatic nitrogens is 6. The van der Waals surface area contributed by atoms with E-state index in [4.69, 9.17) is 52.0 Å². The number of oxazole rings is 6. The summed E-state index contributed by atoms with van der Waals surface area (Å²) in [4.78, 5) is 70.7. The van der Waals surface area contributed by atoms with E-state index in [2.05, 4.69) is 46.3 Å². The molecule has 1 aliphatic rings. The van der Waals surface area contributed by atoms with E-state index in [-0.39, 0.29) is 69.5 Å². The Morgan fingerprint density at radius 3 is 1.21 bits per heavy atom. The van der Waals surface area contributed by atoms with Gasteiger partial charge in [-0.1, -0.05) is 0 Å². The maximum Gasteiger partial charge on any atom is 0.430 e. The van der Waals surface area contributed by atoms with Gasteiger partial charge >= 0.3 is 12.4 Å².